The third-order valence-electron chi connectivity index (χ3n) is 9.32. The first kappa shape index (κ1) is 23.9. The van der Waals surface area contributed by atoms with E-state index in [4.69, 9.17) is 19.9 Å². The fourth-order valence-electron chi connectivity index (χ4n) is 6.49. The Kier molecular flexibility index (Phi) is 5.80. The van der Waals surface area contributed by atoms with Crippen LogP contribution in [0.1, 0.15) is 57.9 Å². The van der Waals surface area contributed by atoms with Crippen LogP contribution in [0.5, 0.6) is 5.75 Å². The molecule has 3 atom stereocenters. The average molecular weight is 516 g/mol. The summed E-state index contributed by atoms with van der Waals surface area (Å²) in [5, 5.41) is 3.93. The van der Waals surface area contributed by atoms with Gasteiger partial charge in [-0.15, -0.1) is 0 Å². The number of aromatic nitrogens is 1. The molecule has 3 aliphatic carbocycles. The summed E-state index contributed by atoms with van der Waals surface area (Å²) in [6, 6.07) is 14.7. The van der Waals surface area contributed by atoms with Crippen LogP contribution in [0.3, 0.4) is 0 Å². The summed E-state index contributed by atoms with van der Waals surface area (Å²) in [6.07, 6.45) is 7.37. The molecule has 2 heterocycles. The largest absolute Gasteiger partial charge is 0.493 e. The Labute approximate surface area is 223 Å². The highest BCUT2D eigenvalue weighted by atomic mass is 16.6. The van der Waals surface area contributed by atoms with Crippen molar-refractivity contribution in [1.29, 1.82) is 0 Å². The van der Waals surface area contributed by atoms with Gasteiger partial charge in [0.2, 0.25) is 0 Å². The Morgan fingerprint density at radius 3 is 2.66 bits per heavy atom. The SMILES string of the molecule is CC1(OC(=O)Nc2ccc(-c3c(N)c4ccc(OCC5COCC6C[C@H]56)cc4n3C3CCC3)cc2)CCC1. The lowest BCUT2D eigenvalue weighted by Crippen LogP contribution is -2.39. The summed E-state index contributed by atoms with van der Waals surface area (Å²) in [5.74, 6) is 2.90. The Bertz CT molecular complexity index is 1360. The number of benzene rings is 2. The van der Waals surface area contributed by atoms with Gasteiger partial charge in [-0.05, 0) is 88.0 Å². The van der Waals surface area contributed by atoms with E-state index in [1.807, 2.05) is 37.3 Å². The van der Waals surface area contributed by atoms with Crippen LogP contribution < -0.4 is 15.8 Å². The van der Waals surface area contributed by atoms with Crippen molar-refractivity contribution in [3.05, 3.63) is 42.5 Å². The number of nitrogens with one attached hydrogen (secondary N) is 1. The van der Waals surface area contributed by atoms with Crippen molar-refractivity contribution in [2.24, 2.45) is 17.8 Å². The van der Waals surface area contributed by atoms with Crippen LogP contribution in [0, 0.1) is 17.8 Å². The van der Waals surface area contributed by atoms with Crippen LogP contribution >= 0.6 is 0 Å². The van der Waals surface area contributed by atoms with E-state index in [-0.39, 0.29) is 5.60 Å². The summed E-state index contributed by atoms with van der Waals surface area (Å²) in [5.41, 5.74) is 11.2. The molecule has 200 valence electrons. The quantitative estimate of drug-likeness (QED) is 0.363. The first-order chi connectivity index (χ1) is 18.5. The lowest BCUT2D eigenvalue weighted by atomic mass is 9.82. The van der Waals surface area contributed by atoms with Crippen LogP contribution in [0.15, 0.2) is 42.5 Å². The summed E-state index contributed by atoms with van der Waals surface area (Å²) in [7, 11) is 0. The standard InChI is InChI=1S/C31H37N3O4/c1-31(12-3-13-31)38-30(35)33-22-8-6-19(7-9-22)29-28(32)25-11-10-24(15-27(25)34(29)23-4-2-5-23)37-18-21-17-36-16-20-14-26(20)21/h6-11,15,20-21,23,26H,2-5,12-14,16-18,32H2,1H3,(H,33,35)/t20?,21?,26-/m0/s1. The maximum absolute atomic E-state index is 12.4. The van der Waals surface area contributed by atoms with Crippen LogP contribution in [0.25, 0.3) is 22.2 Å². The van der Waals surface area contributed by atoms with Crippen molar-refractivity contribution >= 4 is 28.4 Å². The molecule has 2 aromatic carbocycles. The van der Waals surface area contributed by atoms with Gasteiger partial charge in [0.15, 0.2) is 0 Å². The third-order valence-corrected chi connectivity index (χ3v) is 9.32. The Hall–Kier alpha value is -3.19. The molecule has 1 aromatic heterocycles. The maximum atomic E-state index is 12.4. The molecule has 38 heavy (non-hydrogen) atoms. The number of hydrogen-bond donors (Lipinski definition) is 2. The Morgan fingerprint density at radius 2 is 1.95 bits per heavy atom. The van der Waals surface area contributed by atoms with E-state index in [0.717, 1.165) is 90.8 Å². The van der Waals surface area contributed by atoms with Crippen molar-refractivity contribution < 1.29 is 19.0 Å². The number of nitrogens with two attached hydrogens (primary N) is 1. The minimum atomic E-state index is -0.396. The van der Waals surface area contributed by atoms with Crippen molar-refractivity contribution in [3.63, 3.8) is 0 Å². The summed E-state index contributed by atoms with van der Waals surface area (Å²) >= 11 is 0. The highest BCUT2D eigenvalue weighted by molar-refractivity contribution is 6.01. The van der Waals surface area contributed by atoms with Gasteiger partial charge in [-0.3, -0.25) is 5.32 Å². The molecule has 3 aromatic rings. The molecule has 3 N–H and O–H groups in total. The molecule has 2 unspecified atom stereocenters. The van der Waals surface area contributed by atoms with Crippen LogP contribution in [-0.2, 0) is 9.47 Å². The summed E-state index contributed by atoms with van der Waals surface area (Å²) in [6.45, 7) is 4.42. The number of amides is 1. The van der Waals surface area contributed by atoms with E-state index >= 15 is 0 Å². The second-order valence-electron chi connectivity index (χ2n) is 12.1. The van der Waals surface area contributed by atoms with Gasteiger partial charge in [0, 0.05) is 41.3 Å². The number of fused-ring (bicyclic) bond motifs is 2. The van der Waals surface area contributed by atoms with Gasteiger partial charge in [-0.1, -0.05) is 12.1 Å². The number of nitrogen functional groups attached to an aromatic ring is 1. The van der Waals surface area contributed by atoms with Crippen molar-refractivity contribution in [3.8, 4) is 17.0 Å². The van der Waals surface area contributed by atoms with E-state index in [9.17, 15) is 4.79 Å². The van der Waals surface area contributed by atoms with Crippen LogP contribution in [-0.4, -0.2) is 36.1 Å². The van der Waals surface area contributed by atoms with Gasteiger partial charge in [-0.2, -0.15) is 0 Å². The van der Waals surface area contributed by atoms with Gasteiger partial charge >= 0.3 is 6.09 Å². The second-order valence-corrected chi connectivity index (χ2v) is 12.1. The van der Waals surface area contributed by atoms with Crippen LogP contribution in [0.2, 0.25) is 0 Å². The van der Waals surface area contributed by atoms with E-state index in [2.05, 4.69) is 22.0 Å². The number of carbonyl (C=O) groups excluding carboxylic acids is 1. The highest BCUT2D eigenvalue weighted by Gasteiger charge is 2.46. The number of anilines is 2. The molecule has 4 fully saturated rings. The molecule has 3 saturated carbocycles. The molecule has 0 radical (unpaired) electrons. The van der Waals surface area contributed by atoms with E-state index < -0.39 is 6.09 Å². The Morgan fingerprint density at radius 1 is 1.13 bits per heavy atom. The van der Waals surface area contributed by atoms with Crippen molar-refractivity contribution in [2.45, 2.75) is 63.5 Å². The molecule has 0 spiro atoms. The zero-order valence-corrected chi connectivity index (χ0v) is 22.1. The molecule has 0 bridgehead atoms. The van der Waals surface area contributed by atoms with Gasteiger partial charge in [0.25, 0.3) is 0 Å². The summed E-state index contributed by atoms with van der Waals surface area (Å²) < 4.78 is 20.1. The van der Waals surface area contributed by atoms with Crippen LogP contribution in [0.4, 0.5) is 16.2 Å². The number of carbonyl (C=O) groups is 1. The van der Waals surface area contributed by atoms with E-state index in [0.29, 0.717) is 24.3 Å². The van der Waals surface area contributed by atoms with Gasteiger partial charge in [0.1, 0.15) is 11.4 Å². The zero-order valence-electron chi connectivity index (χ0n) is 22.1. The molecular weight excluding hydrogens is 478 g/mol. The van der Waals surface area contributed by atoms with Crippen molar-refractivity contribution in [2.75, 3.05) is 30.9 Å². The molecule has 7 nitrogen and oxygen atoms in total. The molecule has 4 aliphatic rings. The highest BCUT2D eigenvalue weighted by Crippen LogP contribution is 2.48. The smallest absolute Gasteiger partial charge is 0.412 e. The molecule has 1 saturated heterocycles. The Balaban J connectivity index is 1.14. The van der Waals surface area contributed by atoms with E-state index in [1.54, 1.807) is 0 Å². The third kappa shape index (κ3) is 4.31. The lowest BCUT2D eigenvalue weighted by molar-refractivity contribution is -0.0256. The molecule has 1 aliphatic heterocycles. The molecule has 7 rings (SSSR count). The second kappa shape index (κ2) is 9.23. The molecular formula is C31H37N3O4. The van der Waals surface area contributed by atoms with E-state index in [1.165, 1.54) is 12.8 Å². The zero-order chi connectivity index (χ0) is 25.9. The average Bonchev–Trinajstić information content (AvgIpc) is 3.61. The first-order valence-electron chi connectivity index (χ1n) is 14.2. The number of nitrogens with zero attached hydrogens (tertiary/aromatic N) is 1. The number of ether oxygens (including phenoxy) is 3. The van der Waals surface area contributed by atoms with Gasteiger partial charge in [0.05, 0.1) is 30.1 Å². The van der Waals surface area contributed by atoms with Gasteiger partial charge in [-0.25, -0.2) is 4.79 Å². The maximum Gasteiger partial charge on any atom is 0.412 e. The summed E-state index contributed by atoms with van der Waals surface area (Å²) in [4.78, 5) is 12.4. The number of hydrogen-bond acceptors (Lipinski definition) is 5. The predicted octanol–water partition coefficient (Wildman–Crippen LogP) is 6.77. The topological polar surface area (TPSA) is 87.7 Å². The fraction of sp³-hybridized carbons (Fsp3) is 0.516. The monoisotopic (exact) mass is 515 g/mol. The predicted molar refractivity (Wildman–Crippen MR) is 148 cm³/mol. The fourth-order valence-corrected chi connectivity index (χ4v) is 6.49. The molecule has 7 heteroatoms. The normalized spacial score (nSPS) is 25.7. The van der Waals surface area contributed by atoms with Crippen molar-refractivity contribution in [1.82, 2.24) is 4.57 Å². The minimum Gasteiger partial charge on any atom is -0.493 e. The van der Waals surface area contributed by atoms with Gasteiger partial charge < -0.3 is 24.5 Å². The lowest BCUT2D eigenvalue weighted by Gasteiger charge is -2.37. The minimum absolute atomic E-state index is 0.324. The molecule has 1 amide bonds. The first-order valence-corrected chi connectivity index (χ1v) is 14.2. The number of rotatable bonds is 7.